The highest BCUT2D eigenvalue weighted by molar-refractivity contribution is 6.51. The van der Waals surface area contributed by atoms with E-state index in [0.717, 1.165) is 36.1 Å². The minimum Gasteiger partial charge on any atom is -0.423 e. The summed E-state index contributed by atoms with van der Waals surface area (Å²) < 4.78 is 0. The molecule has 2 N–H and O–H groups in total. The summed E-state index contributed by atoms with van der Waals surface area (Å²) in [5.74, 6) is 2.98. The number of fused-ring (bicyclic) bond motifs is 5. The molecule has 0 bridgehead atoms. The molecule has 0 amide bonds. The lowest BCUT2D eigenvalue weighted by molar-refractivity contribution is -0.0192. The van der Waals surface area contributed by atoms with Gasteiger partial charge in [-0.1, -0.05) is 38.5 Å². The van der Waals surface area contributed by atoms with Crippen molar-refractivity contribution in [3.63, 3.8) is 0 Å². The molecule has 4 aliphatic rings. The maximum Gasteiger partial charge on any atom is 0.484 e. The van der Waals surface area contributed by atoms with Crippen LogP contribution in [0, 0.1) is 34.5 Å². The van der Waals surface area contributed by atoms with Crippen molar-refractivity contribution in [2.75, 3.05) is 0 Å². The Morgan fingerprint density at radius 1 is 1.00 bits per heavy atom. The van der Waals surface area contributed by atoms with Gasteiger partial charge in [0.15, 0.2) is 0 Å². The Labute approximate surface area is 141 Å². The summed E-state index contributed by atoms with van der Waals surface area (Å²) in [4.78, 5) is 0. The zero-order valence-corrected chi connectivity index (χ0v) is 14.9. The standard InChI is InChI=1S/C20H31BO2/c1-13-8-10-19(2)14(12-13)4-5-15-16-6-7-18(21(22)23)20(16,3)11-9-17(15)19/h4,7,13,15-17,22-23H,5-6,8-12H2,1-3H3/t13-,15?,16?,17?,19-,20-/m0/s1. The highest BCUT2D eigenvalue weighted by Gasteiger charge is 2.57. The Balaban J connectivity index is 1.66. The summed E-state index contributed by atoms with van der Waals surface area (Å²) >= 11 is 0. The lowest BCUT2D eigenvalue weighted by Crippen LogP contribution is -2.50. The quantitative estimate of drug-likeness (QED) is 0.564. The van der Waals surface area contributed by atoms with Crippen molar-refractivity contribution < 1.29 is 10.0 Å². The van der Waals surface area contributed by atoms with Gasteiger partial charge in [0, 0.05) is 0 Å². The van der Waals surface area contributed by atoms with Crippen LogP contribution in [-0.2, 0) is 0 Å². The highest BCUT2D eigenvalue weighted by atomic mass is 16.4. The van der Waals surface area contributed by atoms with E-state index in [1.807, 2.05) is 0 Å². The normalized spacial score (nSPS) is 48.7. The lowest BCUT2D eigenvalue weighted by atomic mass is 9.45. The molecule has 126 valence electrons. The van der Waals surface area contributed by atoms with Gasteiger partial charge in [0.25, 0.3) is 0 Å². The molecule has 0 spiro atoms. The molecule has 3 unspecified atom stereocenters. The van der Waals surface area contributed by atoms with Gasteiger partial charge < -0.3 is 10.0 Å². The zero-order valence-electron chi connectivity index (χ0n) is 14.9. The van der Waals surface area contributed by atoms with E-state index in [1.54, 1.807) is 5.57 Å². The first-order chi connectivity index (χ1) is 10.9. The van der Waals surface area contributed by atoms with E-state index in [-0.39, 0.29) is 5.41 Å². The van der Waals surface area contributed by atoms with Gasteiger partial charge in [0.05, 0.1) is 0 Å². The molecule has 2 saturated carbocycles. The predicted molar refractivity (Wildman–Crippen MR) is 94.5 cm³/mol. The summed E-state index contributed by atoms with van der Waals surface area (Å²) in [6.07, 6.45) is 13.4. The summed E-state index contributed by atoms with van der Waals surface area (Å²) in [5, 5.41) is 19.6. The third-order valence-electron chi connectivity index (χ3n) is 8.27. The van der Waals surface area contributed by atoms with E-state index in [2.05, 4.69) is 32.9 Å². The third-order valence-corrected chi connectivity index (χ3v) is 8.27. The van der Waals surface area contributed by atoms with Crippen molar-refractivity contribution in [2.24, 2.45) is 34.5 Å². The van der Waals surface area contributed by atoms with Crippen molar-refractivity contribution >= 4 is 7.12 Å². The Hall–Kier alpha value is -0.535. The van der Waals surface area contributed by atoms with E-state index in [0.29, 0.717) is 11.3 Å². The first-order valence-corrected chi connectivity index (χ1v) is 9.62. The second-order valence-electron chi connectivity index (χ2n) is 9.33. The number of allylic oxidation sites excluding steroid dienone is 4. The van der Waals surface area contributed by atoms with Gasteiger partial charge in [-0.25, -0.2) is 0 Å². The maximum absolute atomic E-state index is 9.79. The zero-order chi connectivity index (χ0) is 16.4. The van der Waals surface area contributed by atoms with Crippen molar-refractivity contribution in [3.05, 3.63) is 23.2 Å². The van der Waals surface area contributed by atoms with Crippen LogP contribution < -0.4 is 0 Å². The van der Waals surface area contributed by atoms with Crippen LogP contribution in [-0.4, -0.2) is 17.2 Å². The van der Waals surface area contributed by atoms with Crippen molar-refractivity contribution in [1.82, 2.24) is 0 Å². The molecule has 3 heteroatoms. The summed E-state index contributed by atoms with van der Waals surface area (Å²) in [6, 6.07) is 0. The van der Waals surface area contributed by atoms with Crippen LogP contribution in [0.15, 0.2) is 23.2 Å². The van der Waals surface area contributed by atoms with Gasteiger partial charge in [-0.15, -0.1) is 0 Å². The molecule has 0 saturated heterocycles. The van der Waals surface area contributed by atoms with Crippen molar-refractivity contribution in [3.8, 4) is 0 Å². The van der Waals surface area contributed by atoms with E-state index in [4.69, 9.17) is 0 Å². The fourth-order valence-electron chi connectivity index (χ4n) is 6.84. The number of hydrogen-bond acceptors (Lipinski definition) is 2. The largest absolute Gasteiger partial charge is 0.484 e. The van der Waals surface area contributed by atoms with Crippen LogP contribution in [0.25, 0.3) is 0 Å². The predicted octanol–water partition coefficient (Wildman–Crippen LogP) is 4.13. The van der Waals surface area contributed by atoms with Crippen LogP contribution in [0.3, 0.4) is 0 Å². The summed E-state index contributed by atoms with van der Waals surface area (Å²) in [6.45, 7) is 7.23. The van der Waals surface area contributed by atoms with Gasteiger partial charge in [-0.05, 0) is 84.9 Å². The van der Waals surface area contributed by atoms with Crippen LogP contribution in [0.1, 0.15) is 65.7 Å². The molecule has 0 aromatic rings. The van der Waals surface area contributed by atoms with Gasteiger partial charge >= 0.3 is 7.12 Å². The average molecular weight is 314 g/mol. The molecule has 4 rings (SSSR count). The lowest BCUT2D eigenvalue weighted by Gasteiger charge is -2.58. The third kappa shape index (κ3) is 2.15. The van der Waals surface area contributed by atoms with Gasteiger partial charge in [-0.2, -0.15) is 0 Å². The monoisotopic (exact) mass is 314 g/mol. The SMILES string of the molecule is C[C@H]1CC[C@@]2(C)C(=CCC3C2CC[C@]2(C)C(B(O)O)=CCC32)C1. The first kappa shape index (κ1) is 16.0. The van der Waals surface area contributed by atoms with Crippen LogP contribution in [0.4, 0.5) is 0 Å². The molecule has 0 radical (unpaired) electrons. The summed E-state index contributed by atoms with van der Waals surface area (Å²) in [5.41, 5.74) is 3.07. The number of hydrogen-bond donors (Lipinski definition) is 2. The minimum absolute atomic E-state index is 0.0129. The fourth-order valence-corrected chi connectivity index (χ4v) is 6.84. The van der Waals surface area contributed by atoms with E-state index >= 15 is 0 Å². The minimum atomic E-state index is -1.26. The Kier molecular flexibility index (Phi) is 3.63. The number of rotatable bonds is 1. The van der Waals surface area contributed by atoms with E-state index < -0.39 is 7.12 Å². The molecule has 0 aromatic carbocycles. The van der Waals surface area contributed by atoms with Crippen molar-refractivity contribution in [1.29, 1.82) is 0 Å². The topological polar surface area (TPSA) is 40.5 Å². The van der Waals surface area contributed by atoms with Crippen LogP contribution >= 0.6 is 0 Å². The van der Waals surface area contributed by atoms with Crippen molar-refractivity contribution in [2.45, 2.75) is 65.7 Å². The highest BCUT2D eigenvalue weighted by Crippen LogP contribution is 2.65. The molecule has 2 nitrogen and oxygen atoms in total. The van der Waals surface area contributed by atoms with E-state index in [1.165, 1.54) is 32.1 Å². The maximum atomic E-state index is 9.79. The smallest absolute Gasteiger partial charge is 0.423 e. The second kappa shape index (κ2) is 5.23. The molecule has 0 heterocycles. The molecular formula is C20H31BO2. The average Bonchev–Trinajstić information content (AvgIpc) is 2.85. The molecule has 0 aliphatic heterocycles. The van der Waals surface area contributed by atoms with Gasteiger partial charge in [0.2, 0.25) is 0 Å². The molecule has 2 fully saturated rings. The van der Waals surface area contributed by atoms with E-state index in [9.17, 15) is 10.0 Å². The fraction of sp³-hybridized carbons (Fsp3) is 0.800. The molecule has 4 aliphatic carbocycles. The molecular weight excluding hydrogens is 283 g/mol. The Morgan fingerprint density at radius 3 is 2.48 bits per heavy atom. The van der Waals surface area contributed by atoms with Crippen LogP contribution in [0.2, 0.25) is 0 Å². The van der Waals surface area contributed by atoms with Crippen LogP contribution in [0.5, 0.6) is 0 Å². The first-order valence-electron chi connectivity index (χ1n) is 9.62. The second-order valence-corrected chi connectivity index (χ2v) is 9.33. The molecule has 6 atom stereocenters. The Bertz CT molecular complexity index is 566. The summed E-state index contributed by atoms with van der Waals surface area (Å²) in [7, 11) is -1.26. The molecule has 23 heavy (non-hydrogen) atoms. The van der Waals surface area contributed by atoms with Gasteiger partial charge in [-0.3, -0.25) is 0 Å². The van der Waals surface area contributed by atoms with Gasteiger partial charge in [0.1, 0.15) is 0 Å². The Morgan fingerprint density at radius 2 is 1.74 bits per heavy atom. The molecule has 0 aromatic heterocycles.